The van der Waals surface area contributed by atoms with Gasteiger partial charge in [0, 0.05) is 18.3 Å². The van der Waals surface area contributed by atoms with Gasteiger partial charge in [0.05, 0.1) is 32.7 Å². The van der Waals surface area contributed by atoms with Crippen LogP contribution in [0.3, 0.4) is 0 Å². The van der Waals surface area contributed by atoms with Crippen molar-refractivity contribution in [1.29, 1.82) is 0 Å². The molecule has 20 heavy (non-hydrogen) atoms. The van der Waals surface area contributed by atoms with Crippen LogP contribution >= 0.6 is 0 Å². The second-order valence-corrected chi connectivity index (χ2v) is 4.22. The summed E-state index contributed by atoms with van der Waals surface area (Å²) in [7, 11) is 4.91. The van der Waals surface area contributed by atoms with E-state index < -0.39 is 0 Å². The lowest BCUT2D eigenvalue weighted by molar-refractivity contribution is 0.352. The molecule has 2 aromatic heterocycles. The van der Waals surface area contributed by atoms with Crippen molar-refractivity contribution in [3.8, 4) is 11.8 Å². The maximum atomic E-state index is 5.67. The normalized spacial score (nSPS) is 12.2. The van der Waals surface area contributed by atoms with Crippen molar-refractivity contribution in [3.05, 3.63) is 29.3 Å². The summed E-state index contributed by atoms with van der Waals surface area (Å²) < 4.78 is 12.1. The highest BCUT2D eigenvalue weighted by atomic mass is 16.5. The first kappa shape index (κ1) is 14.2. The summed E-state index contributed by atoms with van der Waals surface area (Å²) in [5, 5.41) is 4.21. The Morgan fingerprint density at radius 2 is 2.05 bits per heavy atom. The van der Waals surface area contributed by atoms with Crippen molar-refractivity contribution >= 4 is 0 Å². The van der Waals surface area contributed by atoms with Gasteiger partial charge in [-0.15, -0.1) is 0 Å². The van der Waals surface area contributed by atoms with E-state index in [4.69, 9.17) is 15.3 Å². The molecule has 1 atom stereocenters. The molecule has 0 aliphatic carbocycles. The molecule has 0 saturated heterocycles. The van der Waals surface area contributed by atoms with Crippen LogP contribution in [0.25, 0.3) is 0 Å². The van der Waals surface area contributed by atoms with E-state index in [1.54, 1.807) is 10.9 Å². The average Bonchev–Trinajstić information content (AvgIpc) is 2.80. The van der Waals surface area contributed by atoms with Gasteiger partial charge in [0.2, 0.25) is 11.8 Å². The zero-order valence-corrected chi connectivity index (χ0v) is 11.9. The lowest BCUT2D eigenvalue weighted by atomic mass is 10.1. The highest BCUT2D eigenvalue weighted by molar-refractivity contribution is 5.35. The number of aryl methyl sites for hydroxylation is 1. The number of rotatable bonds is 5. The molecule has 2 aromatic rings. The van der Waals surface area contributed by atoms with Gasteiger partial charge in [-0.3, -0.25) is 10.5 Å². The van der Waals surface area contributed by atoms with Crippen molar-refractivity contribution in [1.82, 2.24) is 25.2 Å². The van der Waals surface area contributed by atoms with Crippen molar-refractivity contribution in [2.24, 2.45) is 12.9 Å². The molecule has 108 valence electrons. The monoisotopic (exact) mass is 278 g/mol. The Balaban J connectivity index is 2.49. The fourth-order valence-electron chi connectivity index (χ4n) is 1.93. The fraction of sp³-hybridized carbons (Fsp3) is 0.417. The number of hydrazine groups is 1. The minimum atomic E-state index is -0.364. The van der Waals surface area contributed by atoms with Gasteiger partial charge in [0.1, 0.15) is 5.69 Å². The Morgan fingerprint density at radius 1 is 1.30 bits per heavy atom. The molecule has 8 heteroatoms. The first-order valence-electron chi connectivity index (χ1n) is 6.01. The molecular formula is C12H18N6O2. The molecule has 8 nitrogen and oxygen atoms in total. The number of ether oxygens (including phenoxy) is 2. The van der Waals surface area contributed by atoms with Crippen LogP contribution in [-0.2, 0) is 7.05 Å². The molecule has 0 saturated carbocycles. The quantitative estimate of drug-likeness (QED) is 0.590. The molecule has 1 unspecified atom stereocenters. The van der Waals surface area contributed by atoms with E-state index in [0.29, 0.717) is 17.5 Å². The minimum Gasteiger partial charge on any atom is -0.480 e. The average molecular weight is 278 g/mol. The maximum absolute atomic E-state index is 5.67. The molecule has 3 N–H and O–H groups in total. The summed E-state index contributed by atoms with van der Waals surface area (Å²) in [6, 6.07) is -0.364. The molecule has 0 spiro atoms. The second kappa shape index (κ2) is 5.85. The summed E-state index contributed by atoms with van der Waals surface area (Å²) in [6.45, 7) is 1.95. The summed E-state index contributed by atoms with van der Waals surface area (Å²) in [4.78, 5) is 8.54. The highest BCUT2D eigenvalue weighted by Crippen LogP contribution is 2.29. The predicted octanol–water partition coefficient (Wildman–Crippen LogP) is 0.0884. The van der Waals surface area contributed by atoms with E-state index in [2.05, 4.69) is 20.5 Å². The van der Waals surface area contributed by atoms with Gasteiger partial charge in [-0.05, 0) is 6.92 Å². The van der Waals surface area contributed by atoms with E-state index in [1.807, 2.05) is 14.0 Å². The van der Waals surface area contributed by atoms with E-state index in [0.717, 1.165) is 11.3 Å². The molecule has 2 heterocycles. The predicted molar refractivity (Wildman–Crippen MR) is 72.2 cm³/mol. The van der Waals surface area contributed by atoms with Gasteiger partial charge in [-0.25, -0.2) is 10.4 Å². The van der Waals surface area contributed by atoms with Crippen LogP contribution < -0.4 is 20.7 Å². The van der Waals surface area contributed by atoms with Crippen molar-refractivity contribution in [3.63, 3.8) is 0 Å². The Labute approximate surface area is 116 Å². The van der Waals surface area contributed by atoms with Crippen LogP contribution in [0.5, 0.6) is 11.8 Å². The zero-order valence-electron chi connectivity index (χ0n) is 11.9. The summed E-state index contributed by atoms with van der Waals surface area (Å²) in [5.41, 5.74) is 5.19. The van der Waals surface area contributed by atoms with Gasteiger partial charge in [-0.2, -0.15) is 10.1 Å². The molecule has 0 aliphatic heterocycles. The van der Waals surface area contributed by atoms with E-state index >= 15 is 0 Å². The first-order chi connectivity index (χ1) is 9.62. The summed E-state index contributed by atoms with van der Waals surface area (Å²) in [6.07, 6.45) is 3.26. The topological polar surface area (TPSA) is 100 Å². The zero-order chi connectivity index (χ0) is 14.7. The van der Waals surface area contributed by atoms with Crippen LogP contribution in [0.15, 0.2) is 12.4 Å². The first-order valence-corrected chi connectivity index (χ1v) is 6.01. The molecule has 0 aromatic carbocycles. The third-order valence-electron chi connectivity index (χ3n) is 3.17. The molecule has 0 radical (unpaired) electrons. The van der Waals surface area contributed by atoms with Gasteiger partial charge in [0.15, 0.2) is 0 Å². The summed E-state index contributed by atoms with van der Waals surface area (Å²) in [5.74, 6) is 6.40. The van der Waals surface area contributed by atoms with Crippen LogP contribution in [0, 0.1) is 6.92 Å². The Kier molecular flexibility index (Phi) is 4.16. The molecule has 2 rings (SSSR count). The molecule has 0 amide bonds. The van der Waals surface area contributed by atoms with Crippen molar-refractivity contribution in [2.75, 3.05) is 14.2 Å². The molecule has 0 bridgehead atoms. The van der Waals surface area contributed by atoms with Gasteiger partial charge >= 0.3 is 0 Å². The van der Waals surface area contributed by atoms with Crippen molar-refractivity contribution in [2.45, 2.75) is 13.0 Å². The number of methoxy groups -OCH3 is 2. The molecular weight excluding hydrogens is 260 g/mol. The Morgan fingerprint density at radius 3 is 2.55 bits per heavy atom. The number of aromatic nitrogens is 4. The van der Waals surface area contributed by atoms with E-state index in [1.165, 1.54) is 20.4 Å². The number of nitrogens with zero attached hydrogens (tertiary/aromatic N) is 4. The SMILES string of the molecule is COc1cnc(C(NN)c2cnn(C)c2C)c(OC)n1. The lowest BCUT2D eigenvalue weighted by Gasteiger charge is -2.17. The third kappa shape index (κ3) is 2.43. The van der Waals surface area contributed by atoms with Crippen LogP contribution in [0.4, 0.5) is 0 Å². The minimum absolute atomic E-state index is 0.357. The van der Waals surface area contributed by atoms with Crippen LogP contribution in [0.1, 0.15) is 23.0 Å². The largest absolute Gasteiger partial charge is 0.480 e. The van der Waals surface area contributed by atoms with E-state index in [9.17, 15) is 0 Å². The van der Waals surface area contributed by atoms with Gasteiger partial charge < -0.3 is 9.47 Å². The molecule has 0 aliphatic rings. The summed E-state index contributed by atoms with van der Waals surface area (Å²) >= 11 is 0. The van der Waals surface area contributed by atoms with Crippen LogP contribution in [-0.4, -0.2) is 34.0 Å². The van der Waals surface area contributed by atoms with Gasteiger partial charge in [0.25, 0.3) is 0 Å². The lowest BCUT2D eigenvalue weighted by Crippen LogP contribution is -2.30. The Hall–Kier alpha value is -2.19. The number of nitrogens with one attached hydrogen (secondary N) is 1. The van der Waals surface area contributed by atoms with E-state index in [-0.39, 0.29) is 6.04 Å². The van der Waals surface area contributed by atoms with Gasteiger partial charge in [-0.1, -0.05) is 0 Å². The maximum Gasteiger partial charge on any atom is 0.240 e. The van der Waals surface area contributed by atoms with Crippen molar-refractivity contribution < 1.29 is 9.47 Å². The number of hydrogen-bond donors (Lipinski definition) is 2. The number of nitrogens with two attached hydrogens (primary N) is 1. The highest BCUT2D eigenvalue weighted by Gasteiger charge is 2.24. The second-order valence-electron chi connectivity index (χ2n) is 4.22. The standard InChI is InChI=1S/C12H18N6O2/c1-7-8(5-15-18(7)2)10(17-13)11-12(20-4)16-9(19-3)6-14-11/h5-6,10,17H,13H2,1-4H3. The smallest absolute Gasteiger partial charge is 0.240 e. The number of hydrogen-bond acceptors (Lipinski definition) is 7. The third-order valence-corrected chi connectivity index (χ3v) is 3.17. The molecule has 0 fully saturated rings. The Bertz CT molecular complexity index is 598. The fourth-order valence-corrected chi connectivity index (χ4v) is 1.93. The van der Waals surface area contributed by atoms with Crippen LogP contribution in [0.2, 0.25) is 0 Å².